The molecule has 0 amide bonds. The Morgan fingerprint density at radius 2 is 2.00 bits per heavy atom. The van der Waals surface area contributed by atoms with Crippen molar-refractivity contribution in [2.45, 2.75) is 20.0 Å². The van der Waals surface area contributed by atoms with Crippen LogP contribution in [0.4, 0.5) is 0 Å². The molecule has 5 heteroatoms. The van der Waals surface area contributed by atoms with Crippen molar-refractivity contribution >= 4 is 29.0 Å². The van der Waals surface area contributed by atoms with E-state index in [4.69, 9.17) is 27.9 Å². The number of ketones is 1. The second-order valence-corrected chi connectivity index (χ2v) is 5.52. The van der Waals surface area contributed by atoms with Crippen molar-refractivity contribution in [3.63, 3.8) is 0 Å². The lowest BCUT2D eigenvalue weighted by Crippen LogP contribution is -2.29. The lowest BCUT2D eigenvalue weighted by Gasteiger charge is -2.17. The van der Waals surface area contributed by atoms with Crippen LogP contribution >= 0.6 is 23.2 Å². The van der Waals surface area contributed by atoms with Gasteiger partial charge in [0.05, 0.1) is 29.3 Å². The zero-order valence-corrected chi connectivity index (χ0v) is 13.0. The minimum atomic E-state index is 0.0191. The van der Waals surface area contributed by atoms with Crippen molar-refractivity contribution in [1.82, 2.24) is 4.90 Å². The SMILES string of the molecule is CC(C)OCCN(C)CC(=O)c1ccc(Cl)c(Cl)c1. The average Bonchev–Trinajstić information content (AvgIpc) is 2.32. The van der Waals surface area contributed by atoms with Gasteiger partial charge in [0.15, 0.2) is 5.78 Å². The van der Waals surface area contributed by atoms with Crippen LogP contribution < -0.4 is 0 Å². The number of ether oxygens (including phenoxy) is 1. The minimum absolute atomic E-state index is 0.0191. The quantitative estimate of drug-likeness (QED) is 0.722. The van der Waals surface area contributed by atoms with E-state index in [2.05, 4.69) is 0 Å². The van der Waals surface area contributed by atoms with E-state index in [1.807, 2.05) is 25.8 Å². The summed E-state index contributed by atoms with van der Waals surface area (Å²) in [5.74, 6) is 0.0191. The Bertz CT molecular complexity index is 435. The molecule has 0 saturated heterocycles. The summed E-state index contributed by atoms with van der Waals surface area (Å²) in [6, 6.07) is 4.93. The Kier molecular flexibility index (Phi) is 6.80. The maximum atomic E-state index is 12.0. The fourth-order valence-electron chi connectivity index (χ4n) is 1.53. The molecule has 106 valence electrons. The van der Waals surface area contributed by atoms with Gasteiger partial charge >= 0.3 is 0 Å². The molecule has 1 aromatic carbocycles. The van der Waals surface area contributed by atoms with E-state index in [1.54, 1.807) is 18.2 Å². The summed E-state index contributed by atoms with van der Waals surface area (Å²) in [4.78, 5) is 14.0. The summed E-state index contributed by atoms with van der Waals surface area (Å²) in [6.07, 6.45) is 0.208. The Morgan fingerprint density at radius 1 is 1.32 bits per heavy atom. The lowest BCUT2D eigenvalue weighted by atomic mass is 10.1. The zero-order chi connectivity index (χ0) is 14.4. The summed E-state index contributed by atoms with van der Waals surface area (Å²) in [5, 5.41) is 0.857. The van der Waals surface area contributed by atoms with Crippen LogP contribution in [0.2, 0.25) is 10.0 Å². The lowest BCUT2D eigenvalue weighted by molar-refractivity contribution is 0.0619. The molecule has 0 spiro atoms. The second kappa shape index (κ2) is 7.85. The number of likely N-dealkylation sites (N-methyl/N-ethyl adjacent to an activating group) is 1. The summed E-state index contributed by atoms with van der Waals surface area (Å²) < 4.78 is 5.44. The highest BCUT2D eigenvalue weighted by atomic mass is 35.5. The standard InChI is InChI=1S/C14H19Cl2NO2/c1-10(2)19-7-6-17(3)9-14(18)11-4-5-12(15)13(16)8-11/h4-5,8,10H,6-7,9H2,1-3H3. The van der Waals surface area contributed by atoms with Gasteiger partial charge in [-0.05, 0) is 39.1 Å². The largest absolute Gasteiger partial charge is 0.377 e. The van der Waals surface area contributed by atoms with Gasteiger partial charge in [-0.3, -0.25) is 9.69 Å². The average molecular weight is 304 g/mol. The predicted molar refractivity (Wildman–Crippen MR) is 79.4 cm³/mol. The van der Waals surface area contributed by atoms with Crippen LogP contribution in [-0.2, 0) is 4.74 Å². The van der Waals surface area contributed by atoms with E-state index in [1.165, 1.54) is 0 Å². The van der Waals surface area contributed by atoms with E-state index in [-0.39, 0.29) is 11.9 Å². The van der Waals surface area contributed by atoms with Crippen LogP contribution in [0.15, 0.2) is 18.2 Å². The van der Waals surface area contributed by atoms with Crippen LogP contribution in [0, 0.1) is 0 Å². The number of hydrogen-bond donors (Lipinski definition) is 0. The fraction of sp³-hybridized carbons (Fsp3) is 0.500. The van der Waals surface area contributed by atoms with E-state index >= 15 is 0 Å². The molecule has 0 saturated carbocycles. The molecular weight excluding hydrogens is 285 g/mol. The summed E-state index contributed by atoms with van der Waals surface area (Å²) in [5.41, 5.74) is 0.575. The first kappa shape index (κ1) is 16.4. The predicted octanol–water partition coefficient (Wildman–Crippen LogP) is 3.53. The molecule has 0 radical (unpaired) electrons. The van der Waals surface area contributed by atoms with Gasteiger partial charge < -0.3 is 4.74 Å². The van der Waals surface area contributed by atoms with Crippen molar-refractivity contribution in [2.75, 3.05) is 26.7 Å². The molecule has 0 unspecified atom stereocenters. The normalized spacial score (nSPS) is 11.3. The van der Waals surface area contributed by atoms with Crippen molar-refractivity contribution in [3.8, 4) is 0 Å². The molecule has 0 heterocycles. The van der Waals surface area contributed by atoms with E-state index in [0.717, 1.165) is 0 Å². The topological polar surface area (TPSA) is 29.5 Å². The summed E-state index contributed by atoms with van der Waals surface area (Å²) in [6.45, 7) is 5.63. The van der Waals surface area contributed by atoms with E-state index in [0.29, 0.717) is 35.3 Å². The Balaban J connectivity index is 2.47. The maximum Gasteiger partial charge on any atom is 0.176 e. The van der Waals surface area contributed by atoms with Crippen LogP contribution in [0.5, 0.6) is 0 Å². The van der Waals surface area contributed by atoms with Crippen LogP contribution in [0.1, 0.15) is 24.2 Å². The highest BCUT2D eigenvalue weighted by molar-refractivity contribution is 6.42. The third-order valence-corrected chi connectivity index (χ3v) is 3.32. The van der Waals surface area contributed by atoms with Gasteiger partial charge in [0.1, 0.15) is 0 Å². The monoisotopic (exact) mass is 303 g/mol. The van der Waals surface area contributed by atoms with Crippen LogP contribution in [0.25, 0.3) is 0 Å². The number of nitrogens with zero attached hydrogens (tertiary/aromatic N) is 1. The molecule has 0 atom stereocenters. The Hall–Kier alpha value is -0.610. The molecule has 3 nitrogen and oxygen atoms in total. The maximum absolute atomic E-state index is 12.0. The highest BCUT2D eigenvalue weighted by Crippen LogP contribution is 2.22. The molecule has 1 aromatic rings. The minimum Gasteiger partial charge on any atom is -0.377 e. The van der Waals surface area contributed by atoms with Crippen molar-refractivity contribution in [3.05, 3.63) is 33.8 Å². The number of carbonyl (C=O) groups excluding carboxylic acids is 1. The van der Waals surface area contributed by atoms with Gasteiger partial charge in [0.2, 0.25) is 0 Å². The molecule has 19 heavy (non-hydrogen) atoms. The first-order valence-corrected chi connectivity index (χ1v) is 6.94. The first-order valence-electron chi connectivity index (χ1n) is 6.18. The second-order valence-electron chi connectivity index (χ2n) is 4.71. The van der Waals surface area contributed by atoms with Gasteiger partial charge in [0.25, 0.3) is 0 Å². The van der Waals surface area contributed by atoms with E-state index < -0.39 is 0 Å². The number of Topliss-reactive ketones (excluding diaryl/α,β-unsaturated/α-hetero) is 1. The molecular formula is C14H19Cl2NO2. The Morgan fingerprint density at radius 3 is 2.58 bits per heavy atom. The molecule has 0 bridgehead atoms. The smallest absolute Gasteiger partial charge is 0.176 e. The number of halogens is 2. The number of benzene rings is 1. The fourth-order valence-corrected chi connectivity index (χ4v) is 1.83. The molecule has 0 N–H and O–H groups in total. The molecule has 0 aliphatic rings. The van der Waals surface area contributed by atoms with Crippen molar-refractivity contribution in [1.29, 1.82) is 0 Å². The molecule has 0 fully saturated rings. The molecule has 1 rings (SSSR count). The van der Waals surface area contributed by atoms with Crippen molar-refractivity contribution < 1.29 is 9.53 Å². The molecule has 0 aromatic heterocycles. The third kappa shape index (κ3) is 5.91. The zero-order valence-electron chi connectivity index (χ0n) is 11.5. The van der Waals surface area contributed by atoms with Crippen molar-refractivity contribution in [2.24, 2.45) is 0 Å². The van der Waals surface area contributed by atoms with Gasteiger partial charge in [-0.1, -0.05) is 23.2 Å². The number of rotatable bonds is 7. The Labute approximate surface area is 124 Å². The summed E-state index contributed by atoms with van der Waals surface area (Å²) in [7, 11) is 1.89. The van der Waals surface area contributed by atoms with Gasteiger partial charge in [0, 0.05) is 12.1 Å². The van der Waals surface area contributed by atoms with Gasteiger partial charge in [-0.25, -0.2) is 0 Å². The van der Waals surface area contributed by atoms with Crippen LogP contribution in [0.3, 0.4) is 0 Å². The number of carbonyl (C=O) groups is 1. The number of hydrogen-bond acceptors (Lipinski definition) is 3. The first-order chi connectivity index (χ1) is 8.90. The summed E-state index contributed by atoms with van der Waals surface area (Å²) >= 11 is 11.7. The third-order valence-electron chi connectivity index (χ3n) is 2.58. The van der Waals surface area contributed by atoms with E-state index in [9.17, 15) is 4.79 Å². The van der Waals surface area contributed by atoms with Gasteiger partial charge in [-0.2, -0.15) is 0 Å². The highest BCUT2D eigenvalue weighted by Gasteiger charge is 2.11. The molecule has 0 aliphatic carbocycles. The van der Waals surface area contributed by atoms with Gasteiger partial charge in [-0.15, -0.1) is 0 Å². The molecule has 0 aliphatic heterocycles. The van der Waals surface area contributed by atoms with Crippen LogP contribution in [-0.4, -0.2) is 43.5 Å².